The van der Waals surface area contributed by atoms with Crippen LogP contribution in [-0.4, -0.2) is 32.7 Å². The molecule has 2 rings (SSSR count). The van der Waals surface area contributed by atoms with Crippen LogP contribution in [0.1, 0.15) is 36.2 Å². The number of aliphatic carboxylic acids is 1. The van der Waals surface area contributed by atoms with Crippen molar-refractivity contribution in [3.63, 3.8) is 0 Å². The van der Waals surface area contributed by atoms with Crippen LogP contribution in [0.15, 0.2) is 35.9 Å². The Bertz CT molecular complexity index is 614. The fourth-order valence-corrected chi connectivity index (χ4v) is 2.49. The second-order valence-corrected chi connectivity index (χ2v) is 5.24. The van der Waals surface area contributed by atoms with Gasteiger partial charge in [-0.2, -0.15) is 0 Å². The molecule has 0 saturated heterocycles. The van der Waals surface area contributed by atoms with E-state index in [2.05, 4.69) is 0 Å². The van der Waals surface area contributed by atoms with Crippen LogP contribution in [-0.2, 0) is 10.4 Å². The van der Waals surface area contributed by atoms with Crippen LogP contribution in [0, 0.1) is 0 Å². The SMILES string of the molecule is CC(C)=CC[C@]1(O)C(=O)c2ccccc2[C@]1(O)C(=O)O. The summed E-state index contributed by atoms with van der Waals surface area (Å²) in [6, 6.07) is 5.84. The monoisotopic (exact) mass is 276 g/mol. The summed E-state index contributed by atoms with van der Waals surface area (Å²) in [7, 11) is 0. The highest BCUT2D eigenvalue weighted by atomic mass is 16.4. The van der Waals surface area contributed by atoms with Gasteiger partial charge in [0.05, 0.1) is 0 Å². The number of carboxylic acids is 1. The molecule has 1 aliphatic rings. The minimum Gasteiger partial charge on any atom is -0.479 e. The molecule has 0 unspecified atom stereocenters. The first-order valence-corrected chi connectivity index (χ1v) is 6.21. The molecule has 0 heterocycles. The Hall–Kier alpha value is -1.98. The number of benzene rings is 1. The molecule has 0 saturated carbocycles. The molecule has 3 N–H and O–H groups in total. The number of carbonyl (C=O) groups excluding carboxylic acids is 1. The maximum atomic E-state index is 12.3. The predicted molar refractivity (Wildman–Crippen MR) is 71.3 cm³/mol. The van der Waals surface area contributed by atoms with Crippen LogP contribution in [0.4, 0.5) is 0 Å². The lowest BCUT2D eigenvalue weighted by Crippen LogP contribution is -2.56. The predicted octanol–water partition coefficient (Wildman–Crippen LogP) is 1.24. The van der Waals surface area contributed by atoms with Crippen LogP contribution in [0.3, 0.4) is 0 Å². The molecule has 0 fully saturated rings. The number of carboxylic acid groups (broad SMARTS) is 1. The summed E-state index contributed by atoms with van der Waals surface area (Å²) in [5, 5.41) is 30.5. The largest absolute Gasteiger partial charge is 0.479 e. The molecule has 20 heavy (non-hydrogen) atoms. The summed E-state index contributed by atoms with van der Waals surface area (Å²) in [4.78, 5) is 23.9. The molecule has 5 heteroatoms. The molecule has 0 aliphatic heterocycles. The van der Waals surface area contributed by atoms with Crippen molar-refractivity contribution < 1.29 is 24.9 Å². The second kappa shape index (κ2) is 4.54. The van der Waals surface area contributed by atoms with Gasteiger partial charge in [0.1, 0.15) is 0 Å². The van der Waals surface area contributed by atoms with Gasteiger partial charge < -0.3 is 15.3 Å². The van der Waals surface area contributed by atoms with Gasteiger partial charge in [-0.25, -0.2) is 4.79 Å². The number of Topliss-reactive ketones (excluding diaryl/α,β-unsaturated/α-hetero) is 1. The normalized spacial score (nSPS) is 28.1. The van der Waals surface area contributed by atoms with Crippen molar-refractivity contribution in [3.8, 4) is 0 Å². The third-order valence-electron chi connectivity index (χ3n) is 3.65. The first-order valence-electron chi connectivity index (χ1n) is 6.21. The number of hydrogen-bond acceptors (Lipinski definition) is 4. The van der Waals surface area contributed by atoms with Gasteiger partial charge in [-0.05, 0) is 13.8 Å². The third-order valence-corrected chi connectivity index (χ3v) is 3.65. The molecule has 0 bridgehead atoms. The van der Waals surface area contributed by atoms with E-state index in [1.165, 1.54) is 24.3 Å². The number of allylic oxidation sites excluding steroid dienone is 1. The van der Waals surface area contributed by atoms with E-state index >= 15 is 0 Å². The fourth-order valence-electron chi connectivity index (χ4n) is 2.49. The Morgan fingerprint density at radius 1 is 1.25 bits per heavy atom. The summed E-state index contributed by atoms with van der Waals surface area (Å²) in [5.74, 6) is -2.41. The lowest BCUT2D eigenvalue weighted by molar-refractivity contribution is -0.183. The van der Waals surface area contributed by atoms with E-state index in [4.69, 9.17) is 0 Å². The molecule has 106 valence electrons. The number of rotatable bonds is 3. The Kier molecular flexibility index (Phi) is 3.28. The molecule has 0 amide bonds. The van der Waals surface area contributed by atoms with Gasteiger partial charge in [0.2, 0.25) is 5.60 Å². The molecule has 1 aromatic carbocycles. The standard InChI is InChI=1S/C15H16O5/c1-9(2)7-8-14(19)12(16)10-5-3-4-6-11(10)15(14,20)13(17)18/h3-7,19-20H,8H2,1-2H3,(H,17,18)/t14-,15-/m0/s1. The van der Waals surface area contributed by atoms with Crippen molar-refractivity contribution in [1.82, 2.24) is 0 Å². The Labute approximate surface area is 116 Å². The van der Waals surface area contributed by atoms with Gasteiger partial charge in [-0.3, -0.25) is 4.79 Å². The minimum atomic E-state index is -2.63. The molecule has 0 radical (unpaired) electrons. The van der Waals surface area contributed by atoms with E-state index in [9.17, 15) is 24.9 Å². The third kappa shape index (κ3) is 1.71. The van der Waals surface area contributed by atoms with Gasteiger partial charge >= 0.3 is 5.97 Å². The Balaban J connectivity index is 2.67. The Morgan fingerprint density at radius 3 is 2.40 bits per heavy atom. The minimum absolute atomic E-state index is 0.0436. The van der Waals surface area contributed by atoms with Crippen LogP contribution < -0.4 is 0 Å². The average Bonchev–Trinajstić information content (AvgIpc) is 2.58. The van der Waals surface area contributed by atoms with E-state index in [1.54, 1.807) is 19.9 Å². The van der Waals surface area contributed by atoms with Crippen LogP contribution in [0.2, 0.25) is 0 Å². The molecule has 1 aliphatic carbocycles. The molecule has 0 spiro atoms. The molecule has 2 atom stereocenters. The number of aliphatic hydroxyl groups is 2. The lowest BCUT2D eigenvalue weighted by atomic mass is 9.80. The quantitative estimate of drug-likeness (QED) is 0.722. The number of fused-ring (bicyclic) bond motifs is 1. The van der Waals surface area contributed by atoms with Gasteiger partial charge in [0.15, 0.2) is 11.4 Å². The highest BCUT2D eigenvalue weighted by Gasteiger charge is 2.66. The zero-order valence-corrected chi connectivity index (χ0v) is 11.3. The Morgan fingerprint density at radius 2 is 1.85 bits per heavy atom. The van der Waals surface area contributed by atoms with Gasteiger partial charge in [0, 0.05) is 17.5 Å². The molecule has 5 nitrogen and oxygen atoms in total. The van der Waals surface area contributed by atoms with Crippen molar-refractivity contribution in [2.75, 3.05) is 0 Å². The van der Waals surface area contributed by atoms with Crippen molar-refractivity contribution >= 4 is 11.8 Å². The zero-order chi connectivity index (χ0) is 15.1. The first kappa shape index (κ1) is 14.4. The summed E-state index contributed by atoms with van der Waals surface area (Å²) >= 11 is 0. The number of carbonyl (C=O) groups is 2. The lowest BCUT2D eigenvalue weighted by Gasteiger charge is -2.32. The smallest absolute Gasteiger partial charge is 0.344 e. The maximum Gasteiger partial charge on any atom is 0.344 e. The average molecular weight is 276 g/mol. The summed E-state index contributed by atoms with van der Waals surface area (Å²) in [6.45, 7) is 3.52. The van der Waals surface area contributed by atoms with Gasteiger partial charge in [0.25, 0.3) is 0 Å². The second-order valence-electron chi connectivity index (χ2n) is 5.24. The van der Waals surface area contributed by atoms with Crippen LogP contribution in [0.25, 0.3) is 0 Å². The summed E-state index contributed by atoms with van der Waals surface area (Å²) in [5.41, 5.74) is -4.23. The van der Waals surface area contributed by atoms with Gasteiger partial charge in [-0.1, -0.05) is 35.9 Å². The first-order chi connectivity index (χ1) is 9.25. The zero-order valence-electron chi connectivity index (χ0n) is 11.3. The summed E-state index contributed by atoms with van der Waals surface area (Å²) in [6.07, 6.45) is 1.28. The topological polar surface area (TPSA) is 94.8 Å². The van der Waals surface area contributed by atoms with E-state index in [-0.39, 0.29) is 17.5 Å². The molecular formula is C15H16O5. The molecule has 0 aromatic heterocycles. The van der Waals surface area contributed by atoms with E-state index in [0.717, 1.165) is 5.57 Å². The van der Waals surface area contributed by atoms with E-state index in [1.807, 2.05) is 0 Å². The van der Waals surface area contributed by atoms with Crippen molar-refractivity contribution in [2.24, 2.45) is 0 Å². The van der Waals surface area contributed by atoms with Crippen molar-refractivity contribution in [1.29, 1.82) is 0 Å². The number of hydrogen-bond donors (Lipinski definition) is 3. The van der Waals surface area contributed by atoms with Crippen LogP contribution in [0.5, 0.6) is 0 Å². The van der Waals surface area contributed by atoms with Crippen molar-refractivity contribution in [2.45, 2.75) is 31.5 Å². The number of ketones is 1. The fraction of sp³-hybridized carbons (Fsp3) is 0.333. The van der Waals surface area contributed by atoms with E-state index < -0.39 is 23.0 Å². The molecular weight excluding hydrogens is 260 g/mol. The summed E-state index contributed by atoms with van der Waals surface area (Å²) < 4.78 is 0. The van der Waals surface area contributed by atoms with Gasteiger partial charge in [-0.15, -0.1) is 0 Å². The van der Waals surface area contributed by atoms with Crippen molar-refractivity contribution in [3.05, 3.63) is 47.0 Å². The molecule has 1 aromatic rings. The van der Waals surface area contributed by atoms with E-state index in [0.29, 0.717) is 0 Å². The van der Waals surface area contributed by atoms with Crippen LogP contribution >= 0.6 is 0 Å². The maximum absolute atomic E-state index is 12.3. The highest BCUT2D eigenvalue weighted by molar-refractivity contribution is 6.13. The highest BCUT2D eigenvalue weighted by Crippen LogP contribution is 2.46.